The normalized spacial score (nSPS) is 13.1. The molecule has 1 unspecified atom stereocenters. The minimum absolute atomic E-state index is 0.568. The van der Waals surface area contributed by atoms with Gasteiger partial charge < -0.3 is 14.4 Å². The summed E-state index contributed by atoms with van der Waals surface area (Å²) in [6.45, 7) is 0. The lowest BCUT2D eigenvalue weighted by atomic mass is 10.2. The van der Waals surface area contributed by atoms with Crippen LogP contribution in [-0.2, 0) is 23.9 Å². The van der Waals surface area contributed by atoms with Crippen LogP contribution in [0.1, 0.15) is 12.0 Å². The number of carbonyl (C=O) groups excluding carboxylic acids is 1. The molecule has 1 atom stereocenters. The smallest absolute Gasteiger partial charge is 0.351 e. The van der Waals surface area contributed by atoms with Gasteiger partial charge in [0.05, 0.1) is 11.8 Å². The van der Waals surface area contributed by atoms with Crippen LogP contribution >= 0.6 is 0 Å². The van der Waals surface area contributed by atoms with E-state index in [1.54, 1.807) is 30.3 Å². The van der Waals surface area contributed by atoms with Crippen LogP contribution in [0, 0.1) is 0 Å². The summed E-state index contributed by atoms with van der Waals surface area (Å²) in [5.41, 5.74) is 0.568. The molecular formula is C12H12O7S. The molecule has 0 spiro atoms. The Kier molecular flexibility index (Phi) is 5.42. The van der Waals surface area contributed by atoms with Crippen LogP contribution in [0.2, 0.25) is 0 Å². The molecule has 0 saturated heterocycles. The Labute approximate surface area is 115 Å². The second kappa shape index (κ2) is 6.83. The molecule has 7 nitrogen and oxygen atoms in total. The maximum Gasteiger partial charge on any atom is 0.351 e. The molecule has 0 aliphatic heterocycles. The predicted octanol–water partition coefficient (Wildman–Crippen LogP) is 0.366. The average molecular weight is 300 g/mol. The van der Waals surface area contributed by atoms with Gasteiger partial charge in [0.25, 0.3) is 0 Å². The highest BCUT2D eigenvalue weighted by atomic mass is 32.2. The molecule has 0 aliphatic carbocycles. The fourth-order valence-corrected chi connectivity index (χ4v) is 1.89. The van der Waals surface area contributed by atoms with Gasteiger partial charge in [-0.2, -0.15) is 8.42 Å². The number of carboxylic acid groups (broad SMARTS) is 1. The number of hydrogen-bond acceptors (Lipinski definition) is 6. The van der Waals surface area contributed by atoms with E-state index in [1.807, 2.05) is 0 Å². The third-order valence-electron chi connectivity index (χ3n) is 2.07. The zero-order valence-corrected chi connectivity index (χ0v) is 11.0. The monoisotopic (exact) mass is 300 g/mol. The lowest BCUT2D eigenvalue weighted by molar-refractivity contribution is -0.150. The summed E-state index contributed by atoms with van der Waals surface area (Å²) >= 11 is 0. The predicted molar refractivity (Wildman–Crippen MR) is 68.7 cm³/mol. The number of aliphatic hydroxyl groups excluding tert-OH is 1. The van der Waals surface area contributed by atoms with Crippen molar-refractivity contribution in [2.75, 3.05) is 0 Å². The molecule has 8 heteroatoms. The summed E-state index contributed by atoms with van der Waals surface area (Å²) in [5.74, 6) is -2.99. The van der Waals surface area contributed by atoms with Gasteiger partial charge in [0, 0.05) is 0 Å². The first-order valence-electron chi connectivity index (χ1n) is 5.41. The Balaban J connectivity index is 2.68. The first-order valence-corrected chi connectivity index (χ1v) is 6.88. The standard InChI is InChI=1S/C12H12O7S/c13-10(8-11(14)15)12(16)19-20(17,18)7-6-9-4-2-1-3-5-9/h1-7,10,13H,8H2,(H,14,15). The van der Waals surface area contributed by atoms with E-state index in [0.29, 0.717) is 11.0 Å². The largest absolute Gasteiger partial charge is 0.481 e. The Bertz CT molecular complexity index is 604. The maximum atomic E-state index is 11.4. The van der Waals surface area contributed by atoms with Crippen molar-refractivity contribution in [1.29, 1.82) is 0 Å². The first-order chi connectivity index (χ1) is 9.30. The maximum absolute atomic E-state index is 11.4. The molecule has 1 aromatic carbocycles. The van der Waals surface area contributed by atoms with Gasteiger partial charge in [-0.05, 0) is 11.6 Å². The number of benzene rings is 1. The molecule has 0 fully saturated rings. The van der Waals surface area contributed by atoms with Crippen LogP contribution in [0.3, 0.4) is 0 Å². The number of aliphatic hydroxyl groups is 1. The number of rotatable bonds is 6. The first kappa shape index (κ1) is 15.9. The molecule has 108 valence electrons. The van der Waals surface area contributed by atoms with Gasteiger partial charge in [0.2, 0.25) is 0 Å². The molecule has 0 saturated carbocycles. The highest BCUT2D eigenvalue weighted by Crippen LogP contribution is 2.07. The molecule has 0 amide bonds. The summed E-state index contributed by atoms with van der Waals surface area (Å²) < 4.78 is 26.9. The highest BCUT2D eigenvalue weighted by molar-refractivity contribution is 7.90. The van der Waals surface area contributed by atoms with E-state index in [0.717, 1.165) is 0 Å². The van der Waals surface area contributed by atoms with E-state index in [4.69, 9.17) is 10.2 Å². The van der Waals surface area contributed by atoms with Crippen molar-refractivity contribution in [2.24, 2.45) is 0 Å². The fraction of sp³-hybridized carbons (Fsp3) is 0.167. The second-order valence-corrected chi connectivity index (χ2v) is 5.15. The summed E-state index contributed by atoms with van der Waals surface area (Å²) in [6, 6.07) is 8.39. The number of aliphatic carboxylic acids is 1. The van der Waals surface area contributed by atoms with Gasteiger partial charge in [-0.15, -0.1) is 0 Å². The minimum Gasteiger partial charge on any atom is -0.481 e. The number of carbonyl (C=O) groups is 2. The molecule has 0 heterocycles. The average Bonchev–Trinajstić information content (AvgIpc) is 2.36. The van der Waals surface area contributed by atoms with Gasteiger partial charge in [0.15, 0.2) is 6.10 Å². The lowest BCUT2D eigenvalue weighted by Crippen LogP contribution is -2.27. The van der Waals surface area contributed by atoms with Crippen molar-refractivity contribution < 1.29 is 32.4 Å². The van der Waals surface area contributed by atoms with Crippen LogP contribution < -0.4 is 0 Å². The number of carboxylic acids is 1. The van der Waals surface area contributed by atoms with Gasteiger partial charge in [-0.25, -0.2) is 4.79 Å². The van der Waals surface area contributed by atoms with Crippen LogP contribution in [-0.4, -0.2) is 36.7 Å². The van der Waals surface area contributed by atoms with E-state index in [9.17, 15) is 18.0 Å². The summed E-state index contributed by atoms with van der Waals surface area (Å²) in [5, 5.41) is 18.1. The van der Waals surface area contributed by atoms with E-state index in [-0.39, 0.29) is 0 Å². The third-order valence-corrected chi connectivity index (χ3v) is 2.93. The van der Waals surface area contributed by atoms with Crippen molar-refractivity contribution >= 4 is 28.1 Å². The minimum atomic E-state index is -4.34. The van der Waals surface area contributed by atoms with Gasteiger partial charge in [0.1, 0.15) is 0 Å². The summed E-state index contributed by atoms with van der Waals surface area (Å²) in [4.78, 5) is 21.4. The van der Waals surface area contributed by atoms with Crippen molar-refractivity contribution in [3.63, 3.8) is 0 Å². The van der Waals surface area contributed by atoms with E-state index < -0.39 is 34.6 Å². The Morgan fingerprint density at radius 2 is 1.85 bits per heavy atom. The molecule has 0 radical (unpaired) electrons. The van der Waals surface area contributed by atoms with Crippen molar-refractivity contribution in [3.8, 4) is 0 Å². The SMILES string of the molecule is O=C(O)CC(O)C(=O)OS(=O)(=O)C=Cc1ccccc1. The molecule has 1 rings (SSSR count). The fourth-order valence-electron chi connectivity index (χ4n) is 1.17. The number of hydrogen-bond donors (Lipinski definition) is 2. The molecule has 1 aromatic rings. The Hall–Kier alpha value is -2.19. The Morgan fingerprint density at radius 3 is 2.40 bits per heavy atom. The van der Waals surface area contributed by atoms with Crippen LogP contribution in [0.5, 0.6) is 0 Å². The van der Waals surface area contributed by atoms with Crippen LogP contribution in [0.4, 0.5) is 0 Å². The second-order valence-electron chi connectivity index (χ2n) is 3.72. The van der Waals surface area contributed by atoms with Crippen molar-refractivity contribution in [1.82, 2.24) is 0 Å². The van der Waals surface area contributed by atoms with Crippen molar-refractivity contribution in [3.05, 3.63) is 41.3 Å². The Morgan fingerprint density at radius 1 is 1.25 bits per heavy atom. The van der Waals surface area contributed by atoms with Crippen LogP contribution in [0.25, 0.3) is 6.08 Å². The molecule has 20 heavy (non-hydrogen) atoms. The van der Waals surface area contributed by atoms with E-state index >= 15 is 0 Å². The molecule has 0 aliphatic rings. The molecular weight excluding hydrogens is 288 g/mol. The quantitative estimate of drug-likeness (QED) is 0.728. The van der Waals surface area contributed by atoms with Gasteiger partial charge in [-0.3, -0.25) is 4.79 Å². The third kappa shape index (κ3) is 5.63. The molecule has 2 N–H and O–H groups in total. The zero-order chi connectivity index (χ0) is 15.2. The zero-order valence-electron chi connectivity index (χ0n) is 10.2. The van der Waals surface area contributed by atoms with Gasteiger partial charge >= 0.3 is 22.1 Å². The molecule has 0 bridgehead atoms. The van der Waals surface area contributed by atoms with Crippen molar-refractivity contribution in [2.45, 2.75) is 12.5 Å². The topological polar surface area (TPSA) is 118 Å². The van der Waals surface area contributed by atoms with E-state index in [2.05, 4.69) is 4.18 Å². The van der Waals surface area contributed by atoms with E-state index in [1.165, 1.54) is 6.08 Å². The van der Waals surface area contributed by atoms with Crippen LogP contribution in [0.15, 0.2) is 35.7 Å². The van der Waals surface area contributed by atoms with Gasteiger partial charge in [-0.1, -0.05) is 30.3 Å². The summed E-state index contributed by atoms with van der Waals surface area (Å²) in [7, 11) is -4.34. The molecule has 0 aromatic heterocycles. The highest BCUT2D eigenvalue weighted by Gasteiger charge is 2.24. The lowest BCUT2D eigenvalue weighted by Gasteiger charge is -2.06. The summed E-state index contributed by atoms with van der Waals surface area (Å²) in [6.07, 6.45) is -1.77.